The third kappa shape index (κ3) is 6.02. The monoisotopic (exact) mass is 448 g/mol. The van der Waals surface area contributed by atoms with Crippen LogP contribution in [-0.2, 0) is 16.0 Å². The predicted molar refractivity (Wildman–Crippen MR) is 132 cm³/mol. The molecule has 5 heteroatoms. The van der Waals surface area contributed by atoms with Crippen LogP contribution in [-0.4, -0.2) is 47.6 Å². The Balaban J connectivity index is 1.42. The molecule has 2 aliphatic rings. The summed E-state index contributed by atoms with van der Waals surface area (Å²) in [7, 11) is 0. The highest BCUT2D eigenvalue weighted by Gasteiger charge is 2.28. The van der Waals surface area contributed by atoms with Gasteiger partial charge < -0.3 is 14.9 Å². The van der Waals surface area contributed by atoms with E-state index in [0.29, 0.717) is 6.04 Å². The third-order valence-electron chi connectivity index (χ3n) is 7.36. The fraction of sp³-hybridized carbons (Fsp3) is 0.500. The minimum absolute atomic E-state index is 0.0227. The normalized spacial score (nSPS) is 19.1. The van der Waals surface area contributed by atoms with Gasteiger partial charge in [-0.15, -0.1) is 0 Å². The number of carboxylic acid groups (broad SMARTS) is 1. The summed E-state index contributed by atoms with van der Waals surface area (Å²) in [4.78, 5) is 28.5. The average molecular weight is 449 g/mol. The van der Waals surface area contributed by atoms with Crippen molar-refractivity contribution < 1.29 is 14.7 Å². The molecular weight excluding hydrogens is 412 g/mol. The average Bonchev–Trinajstić information content (AvgIpc) is 3.50. The molecule has 1 amide bonds. The van der Waals surface area contributed by atoms with Crippen LogP contribution >= 0.6 is 0 Å². The predicted octanol–water partition coefficient (Wildman–Crippen LogP) is 5.38. The maximum Gasteiger partial charge on any atom is 0.305 e. The van der Waals surface area contributed by atoms with E-state index < -0.39 is 5.97 Å². The largest absolute Gasteiger partial charge is 0.481 e. The molecule has 33 heavy (non-hydrogen) atoms. The van der Waals surface area contributed by atoms with E-state index >= 15 is 0 Å². The van der Waals surface area contributed by atoms with Crippen molar-refractivity contribution in [1.82, 2.24) is 4.90 Å². The van der Waals surface area contributed by atoms with E-state index in [2.05, 4.69) is 36.1 Å². The number of likely N-dealkylation sites (tertiary alicyclic amines) is 1. The Labute approximate surface area is 197 Å². The zero-order chi connectivity index (χ0) is 23.2. The second-order valence-electron chi connectivity index (χ2n) is 9.64. The van der Waals surface area contributed by atoms with Crippen LogP contribution in [0.1, 0.15) is 57.4 Å². The highest BCUT2D eigenvalue weighted by atomic mass is 16.4. The number of carboxylic acids is 1. The first-order valence-electron chi connectivity index (χ1n) is 12.5. The minimum atomic E-state index is -0.880. The van der Waals surface area contributed by atoms with Crippen molar-refractivity contribution >= 4 is 17.6 Å². The molecule has 1 saturated heterocycles. The molecule has 176 valence electrons. The summed E-state index contributed by atoms with van der Waals surface area (Å²) >= 11 is 0. The number of carbonyl (C=O) groups excluding carboxylic acids is 1. The van der Waals surface area contributed by atoms with Crippen molar-refractivity contribution in [2.45, 2.75) is 64.3 Å². The molecule has 1 atom stereocenters. The van der Waals surface area contributed by atoms with Crippen LogP contribution in [0.4, 0.5) is 5.69 Å². The Morgan fingerprint density at radius 3 is 2.15 bits per heavy atom. The maximum absolute atomic E-state index is 13.1. The summed E-state index contributed by atoms with van der Waals surface area (Å²) < 4.78 is 0. The van der Waals surface area contributed by atoms with Crippen LogP contribution < -0.4 is 4.90 Å². The number of hydrogen-bond acceptors (Lipinski definition) is 3. The maximum atomic E-state index is 13.1. The van der Waals surface area contributed by atoms with Crippen molar-refractivity contribution in [2.24, 2.45) is 5.92 Å². The Kier molecular flexibility index (Phi) is 7.81. The standard InChI is InChI=1S/C28H36N2O3/c1-21-5-4-18-29(21)19-16-22-8-10-23(11-9-22)24-12-14-26(15-13-24)30(20-17-27(31)32)28(33)25-6-2-3-7-25/h8-15,21,25H,2-7,16-20H2,1H3,(H,31,32). The van der Waals surface area contributed by atoms with Gasteiger partial charge in [0.1, 0.15) is 0 Å². The molecule has 1 N–H and O–H groups in total. The van der Waals surface area contributed by atoms with Crippen LogP contribution in [0.2, 0.25) is 0 Å². The molecule has 0 aromatic heterocycles. The lowest BCUT2D eigenvalue weighted by Crippen LogP contribution is -2.37. The number of carbonyl (C=O) groups is 2. The van der Waals surface area contributed by atoms with Gasteiger partial charge in [0.25, 0.3) is 0 Å². The lowest BCUT2D eigenvalue weighted by atomic mass is 10.0. The molecule has 2 fully saturated rings. The summed E-state index contributed by atoms with van der Waals surface area (Å²) in [5.74, 6) is -0.789. The third-order valence-corrected chi connectivity index (χ3v) is 7.36. The Bertz CT molecular complexity index is 933. The lowest BCUT2D eigenvalue weighted by Gasteiger charge is -2.25. The molecule has 1 saturated carbocycles. The SMILES string of the molecule is CC1CCCN1CCc1ccc(-c2ccc(N(CCC(=O)O)C(=O)C3CCCC3)cc2)cc1. The number of hydrogen-bond donors (Lipinski definition) is 1. The van der Waals surface area contributed by atoms with Gasteiger partial charge in [-0.05, 0) is 74.4 Å². The van der Waals surface area contributed by atoms with Crippen molar-refractivity contribution in [1.29, 1.82) is 0 Å². The van der Waals surface area contributed by atoms with E-state index in [1.807, 2.05) is 24.3 Å². The number of aliphatic carboxylic acids is 1. The number of rotatable bonds is 9. The van der Waals surface area contributed by atoms with E-state index in [-0.39, 0.29) is 24.8 Å². The van der Waals surface area contributed by atoms with Gasteiger partial charge in [-0.25, -0.2) is 0 Å². The minimum Gasteiger partial charge on any atom is -0.481 e. The van der Waals surface area contributed by atoms with Gasteiger partial charge in [0.05, 0.1) is 6.42 Å². The van der Waals surface area contributed by atoms with Gasteiger partial charge in [-0.2, -0.15) is 0 Å². The molecule has 2 aromatic rings. The van der Waals surface area contributed by atoms with E-state index in [0.717, 1.165) is 55.5 Å². The summed E-state index contributed by atoms with van der Waals surface area (Å²) in [6.45, 7) is 4.88. The second kappa shape index (κ2) is 11.0. The van der Waals surface area contributed by atoms with Crippen molar-refractivity contribution in [3.63, 3.8) is 0 Å². The Hall–Kier alpha value is -2.66. The fourth-order valence-corrected chi connectivity index (χ4v) is 5.26. The molecular formula is C28H36N2O3. The van der Waals surface area contributed by atoms with Gasteiger partial charge in [0.15, 0.2) is 0 Å². The van der Waals surface area contributed by atoms with E-state index in [9.17, 15) is 9.59 Å². The van der Waals surface area contributed by atoms with Gasteiger partial charge in [0.2, 0.25) is 5.91 Å². The summed E-state index contributed by atoms with van der Waals surface area (Å²) in [6, 6.07) is 17.4. The van der Waals surface area contributed by atoms with Crippen LogP contribution in [0.25, 0.3) is 11.1 Å². The van der Waals surface area contributed by atoms with Crippen LogP contribution in [0, 0.1) is 5.92 Å². The van der Waals surface area contributed by atoms with E-state index in [1.165, 1.54) is 24.9 Å². The summed E-state index contributed by atoms with van der Waals surface area (Å²) in [6.07, 6.45) is 7.63. The molecule has 0 radical (unpaired) electrons. The summed E-state index contributed by atoms with van der Waals surface area (Å²) in [5.41, 5.74) is 4.40. The van der Waals surface area contributed by atoms with Gasteiger partial charge in [-0.3, -0.25) is 9.59 Å². The van der Waals surface area contributed by atoms with Crippen LogP contribution in [0.3, 0.4) is 0 Å². The van der Waals surface area contributed by atoms with Crippen molar-refractivity contribution in [3.8, 4) is 11.1 Å². The van der Waals surface area contributed by atoms with Crippen molar-refractivity contribution in [2.75, 3.05) is 24.5 Å². The molecule has 0 bridgehead atoms. The number of benzene rings is 2. The first-order chi connectivity index (χ1) is 16.0. The Morgan fingerprint density at radius 2 is 1.58 bits per heavy atom. The van der Waals surface area contributed by atoms with E-state index in [4.69, 9.17) is 5.11 Å². The molecule has 1 heterocycles. The molecule has 2 aromatic carbocycles. The lowest BCUT2D eigenvalue weighted by molar-refractivity contribution is -0.136. The van der Waals surface area contributed by atoms with Crippen LogP contribution in [0.5, 0.6) is 0 Å². The zero-order valence-corrected chi connectivity index (χ0v) is 19.7. The molecule has 0 spiro atoms. The molecule has 1 unspecified atom stereocenters. The number of amides is 1. The highest BCUT2D eigenvalue weighted by molar-refractivity contribution is 5.95. The smallest absolute Gasteiger partial charge is 0.305 e. The highest BCUT2D eigenvalue weighted by Crippen LogP contribution is 2.30. The quantitative estimate of drug-likeness (QED) is 0.560. The summed E-state index contributed by atoms with van der Waals surface area (Å²) in [5, 5.41) is 9.14. The molecule has 4 rings (SSSR count). The van der Waals surface area contributed by atoms with Gasteiger partial charge in [-0.1, -0.05) is 49.2 Å². The first kappa shape index (κ1) is 23.5. The topological polar surface area (TPSA) is 60.9 Å². The first-order valence-corrected chi connectivity index (χ1v) is 12.5. The van der Waals surface area contributed by atoms with Gasteiger partial charge in [0, 0.05) is 30.7 Å². The number of nitrogens with zero attached hydrogens (tertiary/aromatic N) is 2. The number of anilines is 1. The zero-order valence-electron chi connectivity index (χ0n) is 19.7. The van der Waals surface area contributed by atoms with Crippen LogP contribution in [0.15, 0.2) is 48.5 Å². The van der Waals surface area contributed by atoms with E-state index in [1.54, 1.807) is 4.90 Å². The van der Waals surface area contributed by atoms with Gasteiger partial charge >= 0.3 is 5.97 Å². The van der Waals surface area contributed by atoms with Crippen molar-refractivity contribution in [3.05, 3.63) is 54.1 Å². The molecule has 1 aliphatic heterocycles. The fourth-order valence-electron chi connectivity index (χ4n) is 5.26. The second-order valence-corrected chi connectivity index (χ2v) is 9.64. The molecule has 1 aliphatic carbocycles. The molecule has 5 nitrogen and oxygen atoms in total. The Morgan fingerprint density at radius 1 is 0.939 bits per heavy atom.